The number of nitrogens with zero attached hydrogens (tertiary/aromatic N) is 3. The smallest absolute Gasteiger partial charge is 0.193 e. The van der Waals surface area contributed by atoms with Crippen LogP contribution in [0.25, 0.3) is 0 Å². The van der Waals surface area contributed by atoms with Crippen molar-refractivity contribution in [2.75, 3.05) is 54.0 Å². The number of nitrogens with one attached hydrogen (secondary N) is 1. The van der Waals surface area contributed by atoms with Crippen LogP contribution in [0.15, 0.2) is 47.5 Å². The van der Waals surface area contributed by atoms with E-state index in [1.165, 1.54) is 29.7 Å². The molecule has 0 spiro atoms. The Labute approximate surface area is 192 Å². The lowest BCUT2D eigenvalue weighted by molar-refractivity contribution is 0.325. The number of likely N-dealkylation sites (tertiary alicyclic amines) is 1. The van der Waals surface area contributed by atoms with Crippen molar-refractivity contribution in [1.82, 2.24) is 15.1 Å². The summed E-state index contributed by atoms with van der Waals surface area (Å²) in [5.74, 6) is 3.26. The van der Waals surface area contributed by atoms with Crippen LogP contribution in [0.1, 0.15) is 23.1 Å². The zero-order valence-electron chi connectivity index (χ0n) is 19.6. The number of fused-ring (bicyclic) bond motifs is 1. The molecule has 1 fully saturated rings. The number of hydrogen-bond donors (Lipinski definition) is 1. The number of guanidine groups is 1. The molecule has 2 heterocycles. The summed E-state index contributed by atoms with van der Waals surface area (Å²) in [6.45, 7) is 6.26. The van der Waals surface area contributed by atoms with Gasteiger partial charge in [-0.15, -0.1) is 0 Å². The first kappa shape index (κ1) is 22.5. The minimum atomic E-state index is 0.670. The molecular formula is C26H36N4O2. The van der Waals surface area contributed by atoms with Crippen molar-refractivity contribution in [3.63, 3.8) is 0 Å². The van der Waals surface area contributed by atoms with Gasteiger partial charge in [0.05, 0.1) is 14.2 Å². The number of methoxy groups -OCH3 is 2. The van der Waals surface area contributed by atoms with Gasteiger partial charge in [-0.25, -0.2) is 0 Å². The zero-order valence-corrected chi connectivity index (χ0v) is 19.6. The molecule has 1 atom stereocenters. The zero-order chi connectivity index (χ0) is 22.3. The molecule has 2 aliphatic rings. The molecule has 0 bridgehead atoms. The van der Waals surface area contributed by atoms with E-state index in [0.717, 1.165) is 63.0 Å². The van der Waals surface area contributed by atoms with Gasteiger partial charge in [-0.05, 0) is 60.5 Å². The van der Waals surface area contributed by atoms with Crippen molar-refractivity contribution < 1.29 is 9.47 Å². The van der Waals surface area contributed by atoms with Crippen LogP contribution in [0.2, 0.25) is 0 Å². The fraction of sp³-hybridized carbons (Fsp3) is 0.500. The van der Waals surface area contributed by atoms with Gasteiger partial charge < -0.3 is 24.6 Å². The van der Waals surface area contributed by atoms with Crippen molar-refractivity contribution >= 4 is 5.96 Å². The van der Waals surface area contributed by atoms with Crippen LogP contribution < -0.4 is 14.8 Å². The molecule has 2 aromatic carbocycles. The van der Waals surface area contributed by atoms with Crippen LogP contribution in [0.3, 0.4) is 0 Å². The molecule has 1 unspecified atom stereocenters. The van der Waals surface area contributed by atoms with E-state index in [1.54, 1.807) is 14.2 Å². The summed E-state index contributed by atoms with van der Waals surface area (Å²) in [7, 11) is 5.26. The molecule has 4 rings (SSSR count). The molecule has 0 amide bonds. The van der Waals surface area contributed by atoms with Crippen LogP contribution in [0.5, 0.6) is 11.5 Å². The van der Waals surface area contributed by atoms with E-state index in [0.29, 0.717) is 5.92 Å². The Morgan fingerprint density at radius 1 is 1.06 bits per heavy atom. The highest BCUT2D eigenvalue weighted by atomic mass is 16.5. The van der Waals surface area contributed by atoms with Crippen LogP contribution in [-0.4, -0.2) is 69.8 Å². The Morgan fingerprint density at radius 3 is 2.53 bits per heavy atom. The molecule has 1 saturated heterocycles. The molecule has 0 aromatic heterocycles. The van der Waals surface area contributed by atoms with Gasteiger partial charge in [0.25, 0.3) is 0 Å². The molecule has 1 N–H and O–H groups in total. The van der Waals surface area contributed by atoms with Gasteiger partial charge in [-0.3, -0.25) is 4.99 Å². The summed E-state index contributed by atoms with van der Waals surface area (Å²) >= 11 is 0. The fourth-order valence-electron chi connectivity index (χ4n) is 4.85. The summed E-state index contributed by atoms with van der Waals surface area (Å²) in [6, 6.07) is 15.0. The van der Waals surface area contributed by atoms with Crippen molar-refractivity contribution in [1.29, 1.82) is 0 Å². The molecule has 32 heavy (non-hydrogen) atoms. The van der Waals surface area contributed by atoms with Crippen LogP contribution >= 0.6 is 0 Å². The van der Waals surface area contributed by atoms with E-state index in [1.807, 2.05) is 7.05 Å². The lowest BCUT2D eigenvalue weighted by Gasteiger charge is -2.32. The third-order valence-corrected chi connectivity index (χ3v) is 6.71. The van der Waals surface area contributed by atoms with Crippen LogP contribution in [-0.2, 0) is 19.4 Å². The second-order valence-electron chi connectivity index (χ2n) is 8.77. The van der Waals surface area contributed by atoms with Gasteiger partial charge >= 0.3 is 0 Å². The first-order valence-electron chi connectivity index (χ1n) is 11.7. The highest BCUT2D eigenvalue weighted by Gasteiger charge is 2.25. The highest BCUT2D eigenvalue weighted by Crippen LogP contribution is 2.33. The standard InChI is InChI=1S/C26H36N4O2/c1-27-26(30-14-11-22-15-24(31-2)25(32-3)16-23(22)19-30)28-17-21-10-13-29(18-21)12-9-20-7-5-4-6-8-20/h4-8,15-16,21H,9-14,17-19H2,1-3H3,(H,27,28). The van der Waals surface area contributed by atoms with Gasteiger partial charge in [0.15, 0.2) is 17.5 Å². The molecule has 2 aliphatic heterocycles. The van der Waals surface area contributed by atoms with Gasteiger partial charge in [-0.1, -0.05) is 30.3 Å². The number of ether oxygens (including phenoxy) is 2. The predicted octanol–water partition coefficient (Wildman–Crippen LogP) is 3.20. The Morgan fingerprint density at radius 2 is 1.81 bits per heavy atom. The number of benzene rings is 2. The average molecular weight is 437 g/mol. The van der Waals surface area contributed by atoms with Crippen molar-refractivity contribution in [3.05, 3.63) is 59.2 Å². The summed E-state index contributed by atoms with van der Waals surface area (Å²) in [4.78, 5) is 9.52. The Balaban J connectivity index is 1.27. The van der Waals surface area contributed by atoms with Crippen molar-refractivity contribution in [3.8, 4) is 11.5 Å². The monoisotopic (exact) mass is 436 g/mol. The van der Waals surface area contributed by atoms with Crippen molar-refractivity contribution in [2.45, 2.75) is 25.8 Å². The normalized spacial score (nSPS) is 19.0. The van der Waals surface area contributed by atoms with E-state index in [2.05, 4.69) is 62.6 Å². The van der Waals surface area contributed by atoms with Crippen LogP contribution in [0, 0.1) is 5.92 Å². The minimum Gasteiger partial charge on any atom is -0.493 e. The minimum absolute atomic E-state index is 0.670. The first-order valence-corrected chi connectivity index (χ1v) is 11.7. The maximum atomic E-state index is 5.50. The van der Waals surface area contributed by atoms with Crippen LogP contribution in [0.4, 0.5) is 0 Å². The first-order chi connectivity index (χ1) is 15.7. The molecule has 0 saturated carbocycles. The lowest BCUT2D eigenvalue weighted by Crippen LogP contribution is -2.45. The SMILES string of the molecule is CN=C(NCC1CCN(CCc2ccccc2)C1)N1CCc2cc(OC)c(OC)cc2C1. The predicted molar refractivity (Wildman–Crippen MR) is 130 cm³/mol. The molecule has 2 aromatic rings. The van der Waals surface area contributed by atoms with E-state index >= 15 is 0 Å². The van der Waals surface area contributed by atoms with E-state index in [-0.39, 0.29) is 0 Å². The Kier molecular flexibility index (Phi) is 7.53. The molecule has 6 nitrogen and oxygen atoms in total. The maximum Gasteiger partial charge on any atom is 0.193 e. The van der Waals surface area contributed by atoms with E-state index < -0.39 is 0 Å². The largest absolute Gasteiger partial charge is 0.493 e. The lowest BCUT2D eigenvalue weighted by atomic mass is 9.99. The Bertz CT molecular complexity index is 916. The molecule has 0 radical (unpaired) electrons. The van der Waals surface area contributed by atoms with Crippen molar-refractivity contribution in [2.24, 2.45) is 10.9 Å². The quantitative estimate of drug-likeness (QED) is 0.534. The fourth-order valence-corrected chi connectivity index (χ4v) is 4.85. The van der Waals surface area contributed by atoms with Gasteiger partial charge in [-0.2, -0.15) is 0 Å². The highest BCUT2D eigenvalue weighted by molar-refractivity contribution is 5.80. The molecule has 172 valence electrons. The molecule has 0 aliphatic carbocycles. The summed E-state index contributed by atoms with van der Waals surface area (Å²) in [5, 5.41) is 3.65. The second-order valence-corrected chi connectivity index (χ2v) is 8.77. The average Bonchev–Trinajstić information content (AvgIpc) is 3.30. The number of rotatable bonds is 7. The third-order valence-electron chi connectivity index (χ3n) is 6.71. The molecular weight excluding hydrogens is 400 g/mol. The summed E-state index contributed by atoms with van der Waals surface area (Å²) in [5.41, 5.74) is 4.04. The van der Waals surface area contributed by atoms with Gasteiger partial charge in [0, 0.05) is 39.8 Å². The van der Waals surface area contributed by atoms with E-state index in [4.69, 9.17) is 9.47 Å². The summed E-state index contributed by atoms with van der Waals surface area (Å²) in [6.07, 6.45) is 3.36. The Hall–Kier alpha value is -2.73. The third kappa shape index (κ3) is 5.36. The number of aliphatic imine (C=N–C) groups is 1. The second kappa shape index (κ2) is 10.7. The van der Waals surface area contributed by atoms with Gasteiger partial charge in [0.2, 0.25) is 0 Å². The van der Waals surface area contributed by atoms with Gasteiger partial charge in [0.1, 0.15) is 0 Å². The summed E-state index contributed by atoms with van der Waals surface area (Å²) < 4.78 is 11.0. The molecule has 6 heteroatoms. The van der Waals surface area contributed by atoms with E-state index in [9.17, 15) is 0 Å². The number of hydrogen-bond acceptors (Lipinski definition) is 4. The maximum absolute atomic E-state index is 5.50. The topological polar surface area (TPSA) is 49.3 Å².